The van der Waals surface area contributed by atoms with E-state index in [0.717, 1.165) is 31.0 Å². The zero-order valence-electron chi connectivity index (χ0n) is 9.12. The van der Waals surface area contributed by atoms with E-state index < -0.39 is 0 Å². The second kappa shape index (κ2) is 5.15. The fraction of sp³-hybridized carbons (Fsp3) is 0.417. The molecule has 2 aliphatic rings. The number of aromatic nitrogens is 1. The molecule has 17 heavy (non-hydrogen) atoms. The first-order chi connectivity index (χ1) is 7.74. The highest BCUT2D eigenvalue weighted by atomic mass is 35.5. The molecular weight excluding hydrogens is 279 g/mol. The van der Waals surface area contributed by atoms with Gasteiger partial charge in [-0.25, -0.2) is 4.98 Å². The smallest absolute Gasteiger partial charge is 0.147 e. The molecule has 0 aromatic carbocycles. The third kappa shape index (κ3) is 2.45. The fourth-order valence-electron chi connectivity index (χ4n) is 2.59. The molecule has 2 heterocycles. The van der Waals surface area contributed by atoms with Crippen LogP contribution in [0.1, 0.15) is 12.0 Å². The minimum Gasteiger partial charge on any atom is -0.316 e. The lowest BCUT2D eigenvalue weighted by molar-refractivity contribution is 0.536. The van der Waals surface area contributed by atoms with Crippen LogP contribution in [0, 0.1) is 11.8 Å². The minimum absolute atomic E-state index is 0. The summed E-state index contributed by atoms with van der Waals surface area (Å²) >= 11 is 11.8. The van der Waals surface area contributed by atoms with Gasteiger partial charge in [0.05, 0.1) is 5.02 Å². The van der Waals surface area contributed by atoms with E-state index in [2.05, 4.69) is 16.4 Å². The Hall–Kier alpha value is -0.280. The van der Waals surface area contributed by atoms with E-state index in [4.69, 9.17) is 23.2 Å². The number of fused-ring (bicyclic) bond motifs is 1. The molecule has 92 valence electrons. The molecule has 0 bridgehead atoms. The molecule has 5 heteroatoms. The predicted molar refractivity (Wildman–Crippen MR) is 73.9 cm³/mol. The summed E-state index contributed by atoms with van der Waals surface area (Å²) in [4.78, 5) is 4.09. The summed E-state index contributed by atoms with van der Waals surface area (Å²) in [5.74, 6) is 1.44. The molecule has 2 nitrogen and oxygen atoms in total. The van der Waals surface area contributed by atoms with E-state index in [-0.39, 0.29) is 12.4 Å². The molecule has 0 amide bonds. The normalized spacial score (nSPS) is 26.4. The van der Waals surface area contributed by atoms with E-state index in [1.807, 2.05) is 12.3 Å². The summed E-state index contributed by atoms with van der Waals surface area (Å²) in [7, 11) is 0. The zero-order chi connectivity index (χ0) is 11.1. The summed E-state index contributed by atoms with van der Waals surface area (Å²) in [6, 6.07) is 1.91. The van der Waals surface area contributed by atoms with Gasteiger partial charge in [0.15, 0.2) is 0 Å². The average Bonchev–Trinajstić information content (AvgIpc) is 2.81. The second-order valence-electron chi connectivity index (χ2n) is 4.47. The molecule has 0 saturated carbocycles. The Morgan fingerprint density at radius 1 is 1.29 bits per heavy atom. The molecule has 1 N–H and O–H groups in total. The SMILES string of the molecule is Cl.Clc1cc(C2=C[C@H]3CNC[C@H]3C2)cnc1Cl. The van der Waals surface area contributed by atoms with Gasteiger partial charge in [0.25, 0.3) is 0 Å². The van der Waals surface area contributed by atoms with E-state index in [0.29, 0.717) is 16.1 Å². The van der Waals surface area contributed by atoms with Crippen LogP contribution in [0.15, 0.2) is 18.3 Å². The summed E-state index contributed by atoms with van der Waals surface area (Å²) in [5, 5.41) is 4.33. The molecule has 0 unspecified atom stereocenters. The van der Waals surface area contributed by atoms with Crippen molar-refractivity contribution < 1.29 is 0 Å². The molecule has 0 spiro atoms. The second-order valence-corrected chi connectivity index (χ2v) is 5.24. The average molecular weight is 292 g/mol. The number of hydrogen-bond donors (Lipinski definition) is 1. The van der Waals surface area contributed by atoms with Crippen LogP contribution in [0.5, 0.6) is 0 Å². The van der Waals surface area contributed by atoms with Crippen LogP contribution in [-0.2, 0) is 0 Å². The van der Waals surface area contributed by atoms with Gasteiger partial charge in [-0.1, -0.05) is 29.3 Å². The highest BCUT2D eigenvalue weighted by Gasteiger charge is 2.31. The van der Waals surface area contributed by atoms with Crippen molar-refractivity contribution in [3.8, 4) is 0 Å². The summed E-state index contributed by atoms with van der Waals surface area (Å²) < 4.78 is 0. The van der Waals surface area contributed by atoms with Gasteiger partial charge in [-0.05, 0) is 42.0 Å². The van der Waals surface area contributed by atoms with Crippen LogP contribution in [0.2, 0.25) is 10.2 Å². The molecule has 3 rings (SSSR count). The van der Waals surface area contributed by atoms with Gasteiger partial charge in [-0.3, -0.25) is 0 Å². The summed E-state index contributed by atoms with van der Waals surface area (Å²) in [6.45, 7) is 2.22. The summed E-state index contributed by atoms with van der Waals surface area (Å²) in [6.07, 6.45) is 5.29. The van der Waals surface area contributed by atoms with Gasteiger partial charge < -0.3 is 5.32 Å². The van der Waals surface area contributed by atoms with Crippen LogP contribution in [0.25, 0.3) is 5.57 Å². The van der Waals surface area contributed by atoms with Crippen molar-refractivity contribution in [3.05, 3.63) is 34.1 Å². The predicted octanol–water partition coefficient (Wildman–Crippen LogP) is 3.43. The highest BCUT2D eigenvalue weighted by molar-refractivity contribution is 6.41. The molecule has 1 aromatic rings. The van der Waals surface area contributed by atoms with Crippen molar-refractivity contribution in [1.29, 1.82) is 0 Å². The number of nitrogens with zero attached hydrogens (tertiary/aromatic N) is 1. The highest BCUT2D eigenvalue weighted by Crippen LogP contribution is 2.38. The van der Waals surface area contributed by atoms with Gasteiger partial charge in [0, 0.05) is 12.7 Å². The number of rotatable bonds is 1. The lowest BCUT2D eigenvalue weighted by Crippen LogP contribution is -2.09. The Kier molecular flexibility index (Phi) is 3.99. The number of pyridine rings is 1. The first-order valence-electron chi connectivity index (χ1n) is 5.47. The van der Waals surface area contributed by atoms with Crippen molar-refractivity contribution in [2.75, 3.05) is 13.1 Å². The largest absolute Gasteiger partial charge is 0.316 e. The van der Waals surface area contributed by atoms with Gasteiger partial charge in [-0.15, -0.1) is 12.4 Å². The van der Waals surface area contributed by atoms with Crippen molar-refractivity contribution >= 4 is 41.2 Å². The Bertz CT molecular complexity index is 459. The minimum atomic E-state index is 0. The third-order valence-corrected chi connectivity index (χ3v) is 4.14. The van der Waals surface area contributed by atoms with Crippen LogP contribution in [0.3, 0.4) is 0 Å². The quantitative estimate of drug-likeness (QED) is 0.802. The Labute approximate surface area is 117 Å². The molecule has 1 fully saturated rings. The van der Waals surface area contributed by atoms with Gasteiger partial charge >= 0.3 is 0 Å². The molecular formula is C12H13Cl3N2. The Balaban J connectivity index is 0.00000108. The monoisotopic (exact) mass is 290 g/mol. The van der Waals surface area contributed by atoms with Crippen LogP contribution < -0.4 is 5.32 Å². The number of nitrogens with one attached hydrogen (secondary N) is 1. The van der Waals surface area contributed by atoms with E-state index in [1.54, 1.807) is 0 Å². The van der Waals surface area contributed by atoms with Crippen LogP contribution in [0.4, 0.5) is 0 Å². The first kappa shape index (κ1) is 13.2. The van der Waals surface area contributed by atoms with Crippen molar-refractivity contribution in [3.63, 3.8) is 0 Å². The zero-order valence-corrected chi connectivity index (χ0v) is 11.4. The maximum atomic E-state index is 5.98. The van der Waals surface area contributed by atoms with E-state index >= 15 is 0 Å². The number of hydrogen-bond acceptors (Lipinski definition) is 2. The lowest BCUT2D eigenvalue weighted by atomic mass is 9.99. The Morgan fingerprint density at radius 2 is 2.12 bits per heavy atom. The third-order valence-electron chi connectivity index (χ3n) is 3.46. The molecule has 1 aliphatic heterocycles. The maximum Gasteiger partial charge on any atom is 0.147 e. The van der Waals surface area contributed by atoms with Crippen molar-refractivity contribution in [1.82, 2.24) is 10.3 Å². The Morgan fingerprint density at radius 3 is 2.82 bits per heavy atom. The number of halogens is 3. The van der Waals surface area contributed by atoms with Crippen LogP contribution in [-0.4, -0.2) is 18.1 Å². The van der Waals surface area contributed by atoms with E-state index in [1.165, 1.54) is 5.57 Å². The van der Waals surface area contributed by atoms with Gasteiger partial charge in [-0.2, -0.15) is 0 Å². The standard InChI is InChI=1S/C12H12Cl2N2.ClH/c13-11-3-10(6-16-12(11)14)7-1-8-4-15-5-9(8)2-7;/h1,3,6,8-9,15H,2,4-5H2;1H/t8-,9+;/m0./s1. The van der Waals surface area contributed by atoms with Crippen molar-refractivity contribution in [2.45, 2.75) is 6.42 Å². The van der Waals surface area contributed by atoms with Crippen LogP contribution >= 0.6 is 35.6 Å². The fourth-order valence-corrected chi connectivity index (χ4v) is 2.86. The molecule has 1 saturated heterocycles. The van der Waals surface area contributed by atoms with E-state index in [9.17, 15) is 0 Å². The lowest BCUT2D eigenvalue weighted by Gasteiger charge is -2.06. The topological polar surface area (TPSA) is 24.9 Å². The van der Waals surface area contributed by atoms with Gasteiger partial charge in [0.2, 0.25) is 0 Å². The molecule has 1 aliphatic carbocycles. The molecule has 0 radical (unpaired) electrons. The first-order valence-corrected chi connectivity index (χ1v) is 6.22. The molecule has 1 aromatic heterocycles. The summed E-state index contributed by atoms with van der Waals surface area (Å²) in [5.41, 5.74) is 2.48. The number of allylic oxidation sites excluding steroid dienone is 1. The van der Waals surface area contributed by atoms with Gasteiger partial charge in [0.1, 0.15) is 5.15 Å². The molecule has 2 atom stereocenters. The maximum absolute atomic E-state index is 5.98. The van der Waals surface area contributed by atoms with Crippen molar-refractivity contribution in [2.24, 2.45) is 11.8 Å².